The number of carbonyl (C=O) groups excluding carboxylic acids is 1. The highest BCUT2D eigenvalue weighted by atomic mass is 32.2. The summed E-state index contributed by atoms with van der Waals surface area (Å²) in [7, 11) is -2.25. The van der Waals surface area contributed by atoms with Crippen molar-refractivity contribution in [1.82, 2.24) is 4.72 Å². The first kappa shape index (κ1) is 16.4. The number of hydrogen-bond acceptors (Lipinski definition) is 6. The van der Waals surface area contributed by atoms with Gasteiger partial charge in [-0.1, -0.05) is 6.08 Å². The molecule has 1 amide bonds. The molecule has 0 bridgehead atoms. The molecule has 2 rings (SSSR count). The highest BCUT2D eigenvalue weighted by Gasteiger charge is 2.60. The zero-order valence-electron chi connectivity index (χ0n) is 12.1. The number of ether oxygens (including phenoxy) is 2. The maximum Gasteiger partial charge on any atom is 0.254 e. The number of sulfonamides is 1. The van der Waals surface area contributed by atoms with Gasteiger partial charge in [0.1, 0.15) is 10.3 Å². The lowest BCUT2D eigenvalue weighted by Gasteiger charge is -2.19. The first-order valence-electron chi connectivity index (χ1n) is 6.86. The van der Waals surface area contributed by atoms with E-state index in [1.54, 1.807) is 13.2 Å². The molecule has 1 unspecified atom stereocenters. The lowest BCUT2D eigenvalue weighted by molar-refractivity contribution is -0.121. The van der Waals surface area contributed by atoms with Gasteiger partial charge >= 0.3 is 0 Å². The van der Waals surface area contributed by atoms with E-state index in [-0.39, 0.29) is 12.5 Å². The van der Waals surface area contributed by atoms with Crippen LogP contribution in [0.1, 0.15) is 19.3 Å². The summed E-state index contributed by atoms with van der Waals surface area (Å²) in [5.74, 6) is -0.823. The second kappa shape index (κ2) is 5.68. The second-order valence-corrected chi connectivity index (χ2v) is 7.83. The summed E-state index contributed by atoms with van der Waals surface area (Å²) in [4.78, 5) is 12.0. The topological polar surface area (TPSA) is 108 Å². The number of nitrogens with one attached hydrogen (secondary N) is 1. The van der Waals surface area contributed by atoms with Gasteiger partial charge in [-0.05, 0) is 19.3 Å². The van der Waals surface area contributed by atoms with Crippen LogP contribution in [0.4, 0.5) is 0 Å². The van der Waals surface area contributed by atoms with Crippen LogP contribution >= 0.6 is 0 Å². The van der Waals surface area contributed by atoms with Gasteiger partial charge in [0.2, 0.25) is 10.0 Å². The van der Waals surface area contributed by atoms with Crippen LogP contribution in [0.2, 0.25) is 0 Å². The monoisotopic (exact) mass is 318 g/mol. The maximum atomic E-state index is 12.3. The summed E-state index contributed by atoms with van der Waals surface area (Å²) >= 11 is 0. The largest absolute Gasteiger partial charge is 0.382 e. The van der Waals surface area contributed by atoms with E-state index in [4.69, 9.17) is 15.2 Å². The molecule has 0 radical (unpaired) electrons. The van der Waals surface area contributed by atoms with Crippen molar-refractivity contribution in [3.05, 3.63) is 12.7 Å². The van der Waals surface area contributed by atoms with Crippen LogP contribution in [0.25, 0.3) is 0 Å². The normalized spacial score (nSPS) is 29.7. The van der Waals surface area contributed by atoms with Crippen LogP contribution in [-0.4, -0.2) is 51.5 Å². The number of rotatable bonds is 9. The average Bonchev–Trinajstić information content (AvgIpc) is 3.31. The summed E-state index contributed by atoms with van der Waals surface area (Å²) in [6.45, 7) is 4.35. The highest BCUT2D eigenvalue weighted by molar-refractivity contribution is 7.91. The van der Waals surface area contributed by atoms with Crippen LogP contribution in [0.3, 0.4) is 0 Å². The highest BCUT2D eigenvalue weighted by Crippen LogP contribution is 2.45. The molecular formula is C13H22N2O5S. The van der Waals surface area contributed by atoms with Gasteiger partial charge in [0.15, 0.2) is 0 Å². The predicted octanol–water partition coefficient (Wildman–Crippen LogP) is -0.469. The van der Waals surface area contributed by atoms with Crippen molar-refractivity contribution in [3.8, 4) is 0 Å². The fourth-order valence-corrected chi connectivity index (χ4v) is 3.74. The molecule has 3 N–H and O–H groups in total. The molecule has 0 aromatic carbocycles. The molecule has 21 heavy (non-hydrogen) atoms. The minimum Gasteiger partial charge on any atom is -0.382 e. The lowest BCUT2D eigenvalue weighted by atomic mass is 10.2. The van der Waals surface area contributed by atoms with E-state index >= 15 is 0 Å². The molecule has 2 saturated carbocycles. The molecular weight excluding hydrogens is 296 g/mol. The molecule has 0 heterocycles. The van der Waals surface area contributed by atoms with Gasteiger partial charge in [-0.15, -0.1) is 6.58 Å². The van der Waals surface area contributed by atoms with E-state index in [0.717, 1.165) is 0 Å². The minimum atomic E-state index is -3.79. The van der Waals surface area contributed by atoms with Gasteiger partial charge in [0, 0.05) is 13.0 Å². The number of hydrogen-bond donors (Lipinski definition) is 2. The Morgan fingerprint density at radius 2 is 2.14 bits per heavy atom. The Hall–Kier alpha value is -0.960. The Morgan fingerprint density at radius 1 is 1.48 bits per heavy atom. The fraction of sp³-hybridized carbons (Fsp3) is 0.769. The molecule has 120 valence electrons. The summed E-state index contributed by atoms with van der Waals surface area (Å²) in [5.41, 5.74) is 4.72. The molecule has 2 fully saturated rings. The Balaban J connectivity index is 1.93. The quantitative estimate of drug-likeness (QED) is 0.440. The van der Waals surface area contributed by atoms with Crippen LogP contribution in [0, 0.1) is 5.92 Å². The molecule has 0 spiro atoms. The van der Waals surface area contributed by atoms with E-state index in [1.165, 1.54) is 0 Å². The third-order valence-electron chi connectivity index (χ3n) is 4.17. The van der Waals surface area contributed by atoms with Crippen molar-refractivity contribution in [2.45, 2.75) is 29.5 Å². The van der Waals surface area contributed by atoms with Crippen LogP contribution < -0.4 is 10.5 Å². The molecule has 2 atom stereocenters. The molecule has 2 aliphatic carbocycles. The lowest BCUT2D eigenvalue weighted by Crippen LogP contribution is -2.50. The number of methoxy groups -OCH3 is 1. The standard InChI is InChI=1S/C13H22N2O5S/c1-3-10-8-13(10,14)11(16)15-21(17,18)12(4-5-12)9-20-7-6-19-2/h3,10H,1,4-9,14H2,2H3,(H,15,16)/t10?,13-/m1/s1. The number of carbonyl (C=O) groups is 1. The van der Waals surface area contributed by atoms with Crippen molar-refractivity contribution >= 4 is 15.9 Å². The van der Waals surface area contributed by atoms with E-state index in [0.29, 0.717) is 32.5 Å². The molecule has 2 aliphatic rings. The van der Waals surface area contributed by atoms with Gasteiger partial charge in [0.25, 0.3) is 5.91 Å². The summed E-state index contributed by atoms with van der Waals surface area (Å²) < 4.78 is 35.9. The van der Waals surface area contributed by atoms with E-state index < -0.39 is 26.2 Å². The first-order valence-corrected chi connectivity index (χ1v) is 8.34. The smallest absolute Gasteiger partial charge is 0.254 e. The van der Waals surface area contributed by atoms with Crippen molar-refractivity contribution in [3.63, 3.8) is 0 Å². The fourth-order valence-electron chi connectivity index (χ4n) is 2.22. The Morgan fingerprint density at radius 3 is 2.62 bits per heavy atom. The molecule has 0 aliphatic heterocycles. The van der Waals surface area contributed by atoms with Crippen LogP contribution in [0.15, 0.2) is 12.7 Å². The van der Waals surface area contributed by atoms with E-state index in [1.807, 2.05) is 0 Å². The SMILES string of the molecule is C=CC1C[C@]1(N)C(=O)NS(=O)(=O)C1(COCCOC)CC1. The number of nitrogens with two attached hydrogens (primary N) is 1. The zero-order valence-corrected chi connectivity index (χ0v) is 12.9. The maximum absolute atomic E-state index is 12.3. The second-order valence-electron chi connectivity index (χ2n) is 5.75. The summed E-state index contributed by atoms with van der Waals surface area (Å²) in [5, 5.41) is 0. The Kier molecular flexibility index (Phi) is 4.44. The van der Waals surface area contributed by atoms with Crippen molar-refractivity contribution in [2.75, 3.05) is 26.9 Å². The van der Waals surface area contributed by atoms with Crippen molar-refractivity contribution < 1.29 is 22.7 Å². The predicted molar refractivity (Wildman–Crippen MR) is 76.9 cm³/mol. The summed E-state index contributed by atoms with van der Waals surface area (Å²) in [6, 6.07) is 0. The number of amides is 1. The van der Waals surface area contributed by atoms with Crippen molar-refractivity contribution in [2.24, 2.45) is 11.7 Å². The average molecular weight is 318 g/mol. The van der Waals surface area contributed by atoms with Crippen LogP contribution in [-0.2, 0) is 24.3 Å². The minimum absolute atomic E-state index is 0.0570. The first-order chi connectivity index (χ1) is 9.81. The molecule has 0 aromatic heterocycles. The third kappa shape index (κ3) is 3.13. The van der Waals surface area contributed by atoms with Gasteiger partial charge in [-0.2, -0.15) is 0 Å². The van der Waals surface area contributed by atoms with Gasteiger partial charge in [-0.3, -0.25) is 9.52 Å². The van der Waals surface area contributed by atoms with Gasteiger partial charge in [-0.25, -0.2) is 8.42 Å². The zero-order chi connectivity index (χ0) is 15.7. The van der Waals surface area contributed by atoms with Gasteiger partial charge in [0.05, 0.1) is 19.8 Å². The molecule has 0 aromatic rings. The van der Waals surface area contributed by atoms with E-state index in [2.05, 4.69) is 11.3 Å². The van der Waals surface area contributed by atoms with E-state index in [9.17, 15) is 13.2 Å². The van der Waals surface area contributed by atoms with Crippen molar-refractivity contribution in [1.29, 1.82) is 0 Å². The summed E-state index contributed by atoms with van der Waals surface area (Å²) in [6.07, 6.45) is 2.96. The Bertz CT molecular complexity index is 529. The van der Waals surface area contributed by atoms with Gasteiger partial charge < -0.3 is 15.2 Å². The Labute approximate surface area is 124 Å². The third-order valence-corrected chi connectivity index (χ3v) is 6.29. The molecule has 7 nitrogen and oxygen atoms in total. The molecule has 8 heteroatoms. The van der Waals surface area contributed by atoms with Crippen LogP contribution in [0.5, 0.6) is 0 Å². The molecule has 0 saturated heterocycles.